The Labute approximate surface area is 144 Å². The summed E-state index contributed by atoms with van der Waals surface area (Å²) in [4.78, 5) is 4.59. The van der Waals surface area contributed by atoms with Crippen LogP contribution in [-0.4, -0.2) is 4.98 Å². The van der Waals surface area contributed by atoms with Crippen LogP contribution in [0.25, 0.3) is 11.3 Å². The molecule has 2 aromatic carbocycles. The van der Waals surface area contributed by atoms with Crippen molar-refractivity contribution < 1.29 is 4.42 Å². The second-order valence-electron chi connectivity index (χ2n) is 6.25. The quantitative estimate of drug-likeness (QED) is 0.447. The van der Waals surface area contributed by atoms with Crippen molar-refractivity contribution in [3.05, 3.63) is 78.4 Å². The number of nitrogens with zero attached hydrogens (tertiary/aromatic N) is 1. The van der Waals surface area contributed by atoms with Crippen molar-refractivity contribution in [1.29, 1.82) is 0 Å². The maximum atomic E-state index is 5.59. The SMILES string of the molecule is c1ccc(CCCCCCCc2nc(-c3ccccc3)co2)cc1. The van der Waals surface area contributed by atoms with E-state index in [0.29, 0.717) is 0 Å². The molecule has 0 amide bonds. The van der Waals surface area contributed by atoms with E-state index in [1.165, 1.54) is 37.7 Å². The highest BCUT2D eigenvalue weighted by Gasteiger charge is 2.05. The fourth-order valence-corrected chi connectivity index (χ4v) is 2.95. The summed E-state index contributed by atoms with van der Waals surface area (Å²) in [5.74, 6) is 0.859. The van der Waals surface area contributed by atoms with Crippen LogP contribution in [0, 0.1) is 0 Å². The second kappa shape index (κ2) is 9.07. The van der Waals surface area contributed by atoms with Gasteiger partial charge in [0.1, 0.15) is 12.0 Å². The Morgan fingerprint density at radius 2 is 1.29 bits per heavy atom. The number of hydrogen-bond donors (Lipinski definition) is 0. The zero-order valence-electron chi connectivity index (χ0n) is 14.2. The lowest BCUT2D eigenvalue weighted by Crippen LogP contribution is -1.88. The fourth-order valence-electron chi connectivity index (χ4n) is 2.95. The van der Waals surface area contributed by atoms with Crippen LogP contribution in [0.3, 0.4) is 0 Å². The van der Waals surface area contributed by atoms with Crippen LogP contribution in [0.15, 0.2) is 71.3 Å². The molecular weight excluding hydrogens is 294 g/mol. The second-order valence-corrected chi connectivity index (χ2v) is 6.25. The third-order valence-electron chi connectivity index (χ3n) is 4.32. The molecule has 2 nitrogen and oxygen atoms in total. The lowest BCUT2D eigenvalue weighted by Gasteiger charge is -2.01. The van der Waals surface area contributed by atoms with Crippen LogP contribution in [0.5, 0.6) is 0 Å². The van der Waals surface area contributed by atoms with Gasteiger partial charge in [-0.2, -0.15) is 0 Å². The van der Waals surface area contributed by atoms with Crippen LogP contribution < -0.4 is 0 Å². The molecule has 124 valence electrons. The summed E-state index contributed by atoms with van der Waals surface area (Å²) in [6, 6.07) is 20.9. The normalized spacial score (nSPS) is 10.8. The van der Waals surface area contributed by atoms with E-state index in [1.54, 1.807) is 6.26 Å². The third kappa shape index (κ3) is 5.09. The Kier molecular flexibility index (Phi) is 6.24. The summed E-state index contributed by atoms with van der Waals surface area (Å²) in [5, 5.41) is 0. The first kappa shape index (κ1) is 16.5. The highest BCUT2D eigenvalue weighted by molar-refractivity contribution is 5.57. The topological polar surface area (TPSA) is 26.0 Å². The molecule has 1 heterocycles. The van der Waals surface area contributed by atoms with E-state index < -0.39 is 0 Å². The molecule has 3 aromatic rings. The first-order valence-electron chi connectivity index (χ1n) is 8.95. The predicted molar refractivity (Wildman–Crippen MR) is 98.9 cm³/mol. The van der Waals surface area contributed by atoms with Gasteiger partial charge in [0.05, 0.1) is 0 Å². The van der Waals surface area contributed by atoms with Gasteiger partial charge in [-0.1, -0.05) is 79.9 Å². The Balaban J connectivity index is 1.30. The molecule has 1 aromatic heterocycles. The smallest absolute Gasteiger partial charge is 0.194 e. The molecule has 3 rings (SSSR count). The van der Waals surface area contributed by atoms with Gasteiger partial charge in [-0.25, -0.2) is 4.98 Å². The molecule has 2 heteroatoms. The van der Waals surface area contributed by atoms with Crippen molar-refractivity contribution in [1.82, 2.24) is 4.98 Å². The maximum Gasteiger partial charge on any atom is 0.194 e. The van der Waals surface area contributed by atoms with E-state index in [1.807, 2.05) is 18.2 Å². The fraction of sp³-hybridized carbons (Fsp3) is 0.318. The lowest BCUT2D eigenvalue weighted by atomic mass is 10.1. The number of aryl methyl sites for hydroxylation is 2. The molecule has 0 saturated carbocycles. The Morgan fingerprint density at radius 3 is 2.04 bits per heavy atom. The van der Waals surface area contributed by atoms with Crippen molar-refractivity contribution in [3.8, 4) is 11.3 Å². The van der Waals surface area contributed by atoms with Crippen molar-refractivity contribution in [2.24, 2.45) is 0 Å². The van der Waals surface area contributed by atoms with E-state index in [2.05, 4.69) is 47.4 Å². The van der Waals surface area contributed by atoms with E-state index in [-0.39, 0.29) is 0 Å². The predicted octanol–water partition coefficient (Wildman–Crippen LogP) is 6.08. The Bertz CT molecular complexity index is 703. The molecule has 0 aliphatic heterocycles. The number of oxazole rings is 1. The number of rotatable bonds is 9. The number of benzene rings is 2. The minimum atomic E-state index is 0.859. The van der Waals surface area contributed by atoms with Gasteiger partial charge in [0.2, 0.25) is 0 Å². The van der Waals surface area contributed by atoms with Crippen molar-refractivity contribution in [3.63, 3.8) is 0 Å². The molecule has 0 bridgehead atoms. The molecule has 0 unspecified atom stereocenters. The first-order chi connectivity index (χ1) is 11.9. The van der Waals surface area contributed by atoms with Gasteiger partial charge in [-0.15, -0.1) is 0 Å². The summed E-state index contributed by atoms with van der Waals surface area (Å²) in [6.45, 7) is 0. The molecule has 0 atom stereocenters. The van der Waals surface area contributed by atoms with Gasteiger partial charge in [-0.05, 0) is 24.8 Å². The van der Waals surface area contributed by atoms with E-state index in [4.69, 9.17) is 4.42 Å². The van der Waals surface area contributed by atoms with Crippen LogP contribution in [0.4, 0.5) is 0 Å². The van der Waals surface area contributed by atoms with Crippen molar-refractivity contribution >= 4 is 0 Å². The van der Waals surface area contributed by atoms with Gasteiger partial charge in [0, 0.05) is 12.0 Å². The highest BCUT2D eigenvalue weighted by Crippen LogP contribution is 2.19. The average Bonchev–Trinajstić information content (AvgIpc) is 3.11. The molecule has 0 radical (unpaired) electrons. The van der Waals surface area contributed by atoms with Crippen molar-refractivity contribution in [2.45, 2.75) is 44.9 Å². The van der Waals surface area contributed by atoms with Gasteiger partial charge in [0.15, 0.2) is 5.89 Å². The highest BCUT2D eigenvalue weighted by atomic mass is 16.3. The van der Waals surface area contributed by atoms with Crippen LogP contribution >= 0.6 is 0 Å². The Hall–Kier alpha value is -2.35. The maximum absolute atomic E-state index is 5.59. The lowest BCUT2D eigenvalue weighted by molar-refractivity contribution is 0.478. The molecule has 0 fully saturated rings. The van der Waals surface area contributed by atoms with Gasteiger partial charge < -0.3 is 4.42 Å². The largest absolute Gasteiger partial charge is 0.448 e. The standard InChI is InChI=1S/C22H25NO/c1(2-6-12-19-13-7-4-8-14-19)3-11-17-22-23-21(18-24-22)20-15-9-5-10-16-20/h4-5,7-10,13-16,18H,1-3,6,11-12,17H2. The number of unbranched alkanes of at least 4 members (excludes halogenated alkanes) is 4. The van der Waals surface area contributed by atoms with E-state index in [9.17, 15) is 0 Å². The summed E-state index contributed by atoms with van der Waals surface area (Å²) >= 11 is 0. The summed E-state index contributed by atoms with van der Waals surface area (Å²) in [6.07, 6.45) is 10.2. The molecule has 0 saturated heterocycles. The minimum absolute atomic E-state index is 0.859. The van der Waals surface area contributed by atoms with E-state index >= 15 is 0 Å². The van der Waals surface area contributed by atoms with E-state index in [0.717, 1.165) is 30.0 Å². The molecule has 0 aliphatic rings. The van der Waals surface area contributed by atoms with Gasteiger partial charge in [-0.3, -0.25) is 0 Å². The van der Waals surface area contributed by atoms with Gasteiger partial charge >= 0.3 is 0 Å². The summed E-state index contributed by atoms with van der Waals surface area (Å²) in [7, 11) is 0. The zero-order chi connectivity index (χ0) is 16.5. The average molecular weight is 319 g/mol. The zero-order valence-corrected chi connectivity index (χ0v) is 14.2. The first-order valence-corrected chi connectivity index (χ1v) is 8.95. The van der Waals surface area contributed by atoms with Gasteiger partial charge in [0.25, 0.3) is 0 Å². The summed E-state index contributed by atoms with van der Waals surface area (Å²) in [5.41, 5.74) is 3.51. The molecule has 0 spiro atoms. The van der Waals surface area contributed by atoms with Crippen LogP contribution in [-0.2, 0) is 12.8 Å². The molecule has 0 N–H and O–H groups in total. The van der Waals surface area contributed by atoms with Crippen LogP contribution in [0.1, 0.15) is 43.6 Å². The Morgan fingerprint density at radius 1 is 0.667 bits per heavy atom. The monoisotopic (exact) mass is 319 g/mol. The van der Waals surface area contributed by atoms with Crippen LogP contribution in [0.2, 0.25) is 0 Å². The summed E-state index contributed by atoms with van der Waals surface area (Å²) < 4.78 is 5.59. The third-order valence-corrected chi connectivity index (χ3v) is 4.32. The number of aromatic nitrogens is 1. The molecule has 24 heavy (non-hydrogen) atoms. The van der Waals surface area contributed by atoms with Crippen molar-refractivity contribution in [2.75, 3.05) is 0 Å². The minimum Gasteiger partial charge on any atom is -0.448 e. The molecular formula is C22H25NO. The molecule has 0 aliphatic carbocycles. The number of hydrogen-bond acceptors (Lipinski definition) is 2.